The van der Waals surface area contributed by atoms with E-state index in [2.05, 4.69) is 33.4 Å². The lowest BCUT2D eigenvalue weighted by atomic mass is 9.63. The van der Waals surface area contributed by atoms with Crippen molar-refractivity contribution in [1.29, 1.82) is 0 Å². The fourth-order valence-corrected chi connectivity index (χ4v) is 5.64. The Balaban J connectivity index is 1.37. The average Bonchev–Trinajstić information content (AvgIpc) is 3.33. The van der Waals surface area contributed by atoms with Gasteiger partial charge in [0.05, 0.1) is 18.5 Å². The normalized spacial score (nSPS) is 38.3. The Morgan fingerprint density at radius 1 is 1.12 bits per heavy atom. The summed E-state index contributed by atoms with van der Waals surface area (Å²) < 4.78 is 1.02. The second kappa shape index (κ2) is 4.94. The van der Waals surface area contributed by atoms with E-state index >= 15 is 0 Å². The van der Waals surface area contributed by atoms with Crippen LogP contribution in [0, 0.1) is 42.4 Å². The van der Waals surface area contributed by atoms with E-state index in [0.29, 0.717) is 23.7 Å². The van der Waals surface area contributed by atoms with Crippen LogP contribution in [0.2, 0.25) is 0 Å². The number of rotatable bonds is 3. The molecule has 2 saturated carbocycles. The zero-order chi connectivity index (χ0) is 16.6. The maximum absolute atomic E-state index is 12.9. The van der Waals surface area contributed by atoms with Crippen molar-refractivity contribution in [2.45, 2.75) is 13.3 Å². The zero-order valence-electron chi connectivity index (χ0n) is 13.4. The van der Waals surface area contributed by atoms with Crippen molar-refractivity contribution < 1.29 is 9.59 Å². The number of anilines is 1. The summed E-state index contributed by atoms with van der Waals surface area (Å²) in [5.41, 5.74) is 2.04. The minimum absolute atomic E-state index is 0.0250. The van der Waals surface area contributed by atoms with E-state index in [4.69, 9.17) is 0 Å². The Morgan fingerprint density at radius 2 is 1.75 bits per heavy atom. The number of imide groups is 1. The molecule has 1 heterocycles. The molecule has 6 rings (SSSR count). The van der Waals surface area contributed by atoms with Crippen LogP contribution < -0.4 is 5.32 Å². The largest absolute Gasteiger partial charge is 0.367 e. The number of benzene rings is 1. The van der Waals surface area contributed by atoms with E-state index in [-0.39, 0.29) is 30.3 Å². The number of aryl methyl sites for hydroxylation is 1. The predicted octanol–water partition coefficient (Wildman–Crippen LogP) is 3.18. The van der Waals surface area contributed by atoms with Gasteiger partial charge in [0.25, 0.3) is 0 Å². The van der Waals surface area contributed by atoms with Crippen molar-refractivity contribution in [2.24, 2.45) is 35.5 Å². The quantitative estimate of drug-likeness (QED) is 0.640. The smallest absolute Gasteiger partial charge is 0.235 e. The van der Waals surface area contributed by atoms with E-state index in [1.807, 2.05) is 25.1 Å². The summed E-state index contributed by atoms with van der Waals surface area (Å²) in [5, 5.41) is 3.27. The first-order valence-electron chi connectivity index (χ1n) is 8.60. The van der Waals surface area contributed by atoms with Crippen LogP contribution in [-0.4, -0.2) is 23.4 Å². The van der Waals surface area contributed by atoms with Gasteiger partial charge in [-0.1, -0.05) is 28.1 Å². The lowest BCUT2D eigenvalue weighted by molar-refractivity contribution is -0.139. The van der Waals surface area contributed by atoms with Gasteiger partial charge in [-0.2, -0.15) is 0 Å². The summed E-state index contributed by atoms with van der Waals surface area (Å²) in [5.74, 6) is 1.73. The van der Waals surface area contributed by atoms with Crippen LogP contribution in [0.1, 0.15) is 12.0 Å². The van der Waals surface area contributed by atoms with Gasteiger partial charge in [0.1, 0.15) is 0 Å². The second-order valence-corrected chi connectivity index (χ2v) is 8.47. The highest BCUT2D eigenvalue weighted by molar-refractivity contribution is 9.10. The summed E-state index contributed by atoms with van der Waals surface area (Å²) in [4.78, 5) is 27.2. The monoisotopic (exact) mass is 386 g/mol. The summed E-state index contributed by atoms with van der Waals surface area (Å²) in [6, 6.07) is 5.95. The van der Waals surface area contributed by atoms with Gasteiger partial charge < -0.3 is 5.32 Å². The number of carbonyl (C=O) groups is 2. The molecule has 2 amide bonds. The molecule has 4 nitrogen and oxygen atoms in total. The third-order valence-electron chi connectivity index (χ3n) is 6.37. The number of nitrogens with zero attached hydrogens (tertiary/aromatic N) is 1. The average molecular weight is 387 g/mol. The zero-order valence-corrected chi connectivity index (χ0v) is 15.0. The number of halogens is 1. The molecule has 5 aliphatic rings. The molecule has 1 aromatic rings. The number of amides is 2. The minimum atomic E-state index is -0.107. The molecule has 5 heteroatoms. The Hall–Kier alpha value is -1.62. The summed E-state index contributed by atoms with van der Waals surface area (Å²) >= 11 is 3.45. The lowest BCUT2D eigenvalue weighted by Gasteiger charge is -2.37. The number of allylic oxidation sites excluding steroid dienone is 2. The highest BCUT2D eigenvalue weighted by Crippen LogP contribution is 2.65. The Labute approximate surface area is 149 Å². The summed E-state index contributed by atoms with van der Waals surface area (Å²) in [6.45, 7) is 2.28. The van der Waals surface area contributed by atoms with Crippen LogP contribution in [0.5, 0.6) is 0 Å². The Morgan fingerprint density at radius 3 is 2.33 bits per heavy atom. The van der Waals surface area contributed by atoms with E-state index in [1.165, 1.54) is 11.3 Å². The van der Waals surface area contributed by atoms with Gasteiger partial charge in [-0.05, 0) is 60.8 Å². The number of hydrogen-bond donors (Lipinski definition) is 1. The van der Waals surface area contributed by atoms with Gasteiger partial charge in [0.15, 0.2) is 0 Å². The van der Waals surface area contributed by atoms with E-state index in [1.54, 1.807) is 0 Å². The van der Waals surface area contributed by atoms with Crippen LogP contribution >= 0.6 is 15.9 Å². The fraction of sp³-hybridized carbons (Fsp3) is 0.474. The first-order chi connectivity index (χ1) is 11.6. The summed E-state index contributed by atoms with van der Waals surface area (Å²) in [6.07, 6.45) is 5.62. The molecule has 0 unspecified atom stereocenters. The van der Waals surface area contributed by atoms with Gasteiger partial charge in [-0.15, -0.1) is 0 Å². The number of likely N-dealkylation sites (tertiary alicyclic amines) is 1. The number of carbonyl (C=O) groups excluding carboxylic acids is 2. The molecule has 1 saturated heterocycles. The van der Waals surface area contributed by atoms with E-state index < -0.39 is 0 Å². The molecule has 124 valence electrons. The van der Waals surface area contributed by atoms with Crippen LogP contribution in [0.15, 0.2) is 34.8 Å². The third kappa shape index (κ3) is 1.91. The van der Waals surface area contributed by atoms with Crippen molar-refractivity contribution in [3.8, 4) is 0 Å². The van der Waals surface area contributed by atoms with Gasteiger partial charge in [0, 0.05) is 10.2 Å². The highest BCUT2D eigenvalue weighted by atomic mass is 79.9. The first kappa shape index (κ1) is 14.7. The molecule has 6 atom stereocenters. The molecule has 2 bridgehead atoms. The molecule has 0 spiro atoms. The second-order valence-electron chi connectivity index (χ2n) is 7.55. The van der Waals surface area contributed by atoms with E-state index in [0.717, 1.165) is 15.7 Å². The topological polar surface area (TPSA) is 49.4 Å². The molecule has 1 N–H and O–H groups in total. The SMILES string of the molecule is Cc1cc(Br)ccc1NCN1C(=O)[C@@H]2[C@@H]3C=C[C@H]([C@@H]4C[C@H]34)[C@H]2C1=O. The first-order valence-corrected chi connectivity index (χ1v) is 9.39. The van der Waals surface area contributed by atoms with Crippen molar-refractivity contribution >= 4 is 33.4 Å². The van der Waals surface area contributed by atoms with Crippen molar-refractivity contribution in [2.75, 3.05) is 12.0 Å². The van der Waals surface area contributed by atoms with Crippen LogP contribution in [0.3, 0.4) is 0 Å². The molecule has 0 radical (unpaired) electrons. The van der Waals surface area contributed by atoms with Crippen LogP contribution in [0.4, 0.5) is 5.69 Å². The molecular weight excluding hydrogens is 368 g/mol. The predicted molar refractivity (Wildman–Crippen MR) is 93.9 cm³/mol. The summed E-state index contributed by atoms with van der Waals surface area (Å²) in [7, 11) is 0. The van der Waals surface area contributed by atoms with Crippen LogP contribution in [-0.2, 0) is 9.59 Å². The maximum Gasteiger partial charge on any atom is 0.235 e. The molecule has 4 aliphatic carbocycles. The highest BCUT2D eigenvalue weighted by Gasteiger charge is 2.66. The van der Waals surface area contributed by atoms with Gasteiger partial charge in [-0.3, -0.25) is 14.5 Å². The lowest BCUT2D eigenvalue weighted by Crippen LogP contribution is -2.40. The standard InChI is InChI=1S/C19H19BrN2O2/c1-9-6-10(20)2-5-15(9)21-8-22-18(23)16-11-3-4-12(14-7-13(11)14)17(16)19(22)24/h2-6,11-14,16-17,21H,7-8H2,1H3/t11-,12-,13-,14+,16-,17-/m1/s1. The molecular formula is C19H19BrN2O2. The number of hydrogen-bond acceptors (Lipinski definition) is 3. The van der Waals surface area contributed by atoms with Gasteiger partial charge in [-0.25, -0.2) is 0 Å². The Bertz CT molecular complexity index is 754. The van der Waals surface area contributed by atoms with E-state index in [9.17, 15) is 9.59 Å². The number of nitrogens with one attached hydrogen (secondary N) is 1. The molecule has 3 fully saturated rings. The molecule has 1 aliphatic heterocycles. The molecule has 0 aromatic heterocycles. The van der Waals surface area contributed by atoms with Gasteiger partial charge >= 0.3 is 0 Å². The Kier molecular flexibility index (Phi) is 3.03. The van der Waals surface area contributed by atoms with Crippen molar-refractivity contribution in [3.05, 3.63) is 40.4 Å². The minimum Gasteiger partial charge on any atom is -0.367 e. The van der Waals surface area contributed by atoms with Crippen LogP contribution in [0.25, 0.3) is 0 Å². The fourth-order valence-electron chi connectivity index (χ4n) is 5.16. The third-order valence-corrected chi connectivity index (χ3v) is 6.86. The van der Waals surface area contributed by atoms with Gasteiger partial charge in [0.2, 0.25) is 11.8 Å². The van der Waals surface area contributed by atoms with Crippen molar-refractivity contribution in [3.63, 3.8) is 0 Å². The van der Waals surface area contributed by atoms with Crippen molar-refractivity contribution in [1.82, 2.24) is 4.90 Å². The maximum atomic E-state index is 12.9. The molecule has 24 heavy (non-hydrogen) atoms. The molecule has 1 aromatic carbocycles.